The van der Waals surface area contributed by atoms with E-state index in [0.29, 0.717) is 11.3 Å². The number of piperazine rings is 1. The molecule has 5 rings (SSSR count). The highest BCUT2D eigenvalue weighted by Crippen LogP contribution is 2.24. The van der Waals surface area contributed by atoms with E-state index in [-0.39, 0.29) is 41.2 Å². The predicted molar refractivity (Wildman–Crippen MR) is 144 cm³/mol. The van der Waals surface area contributed by atoms with Gasteiger partial charge in [-0.3, -0.25) is 9.59 Å². The Morgan fingerprint density at radius 2 is 1.93 bits per heavy atom. The van der Waals surface area contributed by atoms with Crippen molar-refractivity contribution in [2.24, 2.45) is 5.73 Å². The second kappa shape index (κ2) is 12.2. The van der Waals surface area contributed by atoms with Gasteiger partial charge in [-0.1, -0.05) is 0 Å². The summed E-state index contributed by atoms with van der Waals surface area (Å²) >= 11 is 0. The number of primary amides is 1. The van der Waals surface area contributed by atoms with Crippen molar-refractivity contribution in [3.8, 4) is 17.1 Å². The molecule has 0 saturated carbocycles. The first-order valence-electron chi connectivity index (χ1n) is 12.0. The number of aromatic nitrogens is 5. The van der Waals surface area contributed by atoms with Gasteiger partial charge in [0, 0.05) is 37.9 Å². The van der Waals surface area contributed by atoms with Crippen LogP contribution in [0, 0.1) is 0 Å². The number of alkyl halides is 3. The summed E-state index contributed by atoms with van der Waals surface area (Å²) in [6, 6.07) is 6.38. The van der Waals surface area contributed by atoms with Crippen molar-refractivity contribution in [2.75, 3.05) is 48.3 Å². The van der Waals surface area contributed by atoms with E-state index in [4.69, 9.17) is 10.2 Å². The van der Waals surface area contributed by atoms with Gasteiger partial charge in [-0.05, 0) is 24.3 Å². The van der Waals surface area contributed by atoms with Gasteiger partial charge in [0.1, 0.15) is 24.4 Å². The highest BCUT2D eigenvalue weighted by molar-refractivity contribution is 6.07. The molecule has 0 bridgehead atoms. The minimum Gasteiger partial charge on any atom is -0.444 e. The molecule has 5 N–H and O–H groups in total. The molecule has 5 heterocycles. The van der Waals surface area contributed by atoms with Gasteiger partial charge in [0.15, 0.2) is 11.4 Å². The average molecular weight is 593 g/mol. The van der Waals surface area contributed by atoms with Gasteiger partial charge in [0.05, 0.1) is 23.8 Å². The molecule has 1 aliphatic rings. The molecule has 17 heteroatoms. The van der Waals surface area contributed by atoms with Crippen LogP contribution < -0.4 is 26.6 Å². The van der Waals surface area contributed by atoms with E-state index in [1.165, 1.54) is 29.2 Å². The largest absolute Gasteiger partial charge is 0.444 e. The molecular formula is C24H24ClF3N10O3. The van der Waals surface area contributed by atoms with Gasteiger partial charge in [-0.25, -0.2) is 19.6 Å². The fraction of sp³-hybridized carbons (Fsp3) is 0.250. The number of oxazole rings is 1. The van der Waals surface area contributed by atoms with Crippen molar-refractivity contribution in [1.82, 2.24) is 30.0 Å². The lowest BCUT2D eigenvalue weighted by Crippen LogP contribution is -2.43. The van der Waals surface area contributed by atoms with E-state index in [0.717, 1.165) is 38.3 Å². The number of hydrogen-bond donors (Lipinski definition) is 4. The van der Waals surface area contributed by atoms with Gasteiger partial charge in [0.2, 0.25) is 5.89 Å². The van der Waals surface area contributed by atoms with Crippen molar-refractivity contribution in [1.29, 1.82) is 0 Å². The Morgan fingerprint density at radius 1 is 1.15 bits per heavy atom. The van der Waals surface area contributed by atoms with Crippen LogP contribution in [0.2, 0.25) is 0 Å². The highest BCUT2D eigenvalue weighted by Gasteiger charge is 2.27. The lowest BCUT2D eigenvalue weighted by molar-refractivity contribution is -0.115. The van der Waals surface area contributed by atoms with Gasteiger partial charge < -0.3 is 31.0 Å². The summed E-state index contributed by atoms with van der Waals surface area (Å²) in [5.74, 6) is -0.859. The zero-order valence-corrected chi connectivity index (χ0v) is 22.0. The normalized spacial score (nSPS) is 13.4. The maximum absolute atomic E-state index is 12.9. The van der Waals surface area contributed by atoms with Crippen molar-refractivity contribution < 1.29 is 27.2 Å². The third kappa shape index (κ3) is 7.09. The summed E-state index contributed by atoms with van der Waals surface area (Å²) < 4.78 is 44.2. The monoisotopic (exact) mass is 592 g/mol. The lowest BCUT2D eigenvalue weighted by atomic mass is 10.2. The second-order valence-electron chi connectivity index (χ2n) is 8.70. The summed E-state index contributed by atoms with van der Waals surface area (Å²) in [6.45, 7) is 2.12. The molecule has 216 valence electrons. The third-order valence-corrected chi connectivity index (χ3v) is 5.85. The number of amides is 2. The fourth-order valence-electron chi connectivity index (χ4n) is 3.92. The van der Waals surface area contributed by atoms with Crippen LogP contribution in [0.4, 0.5) is 30.5 Å². The summed E-state index contributed by atoms with van der Waals surface area (Å²) in [5, 5.41) is 12.2. The molecule has 0 unspecified atom stereocenters. The first kappa shape index (κ1) is 29.3. The molecule has 41 heavy (non-hydrogen) atoms. The maximum Gasteiger partial charge on any atom is 0.405 e. The summed E-state index contributed by atoms with van der Waals surface area (Å²) in [7, 11) is 0. The number of rotatable bonds is 8. The molecule has 0 radical (unpaired) electrons. The van der Waals surface area contributed by atoms with Crippen LogP contribution in [0.3, 0.4) is 0 Å². The molecule has 0 atom stereocenters. The standard InChI is InChI=1S/C24H23F3N10O3.ClH/c25-24(26,27)13-32-18-9-14(3-4-30-18)23-34-17(12-40-23)22(39)33-16-11-37(35-20(16)21(28)38)15-1-2-19(31-10-15)36-7-5-29-6-8-36;/h1-4,9-12,29H,5-8,13H2,(H2,28,38)(H,30,32)(H,33,39);1H. The average Bonchev–Trinajstić information content (AvgIpc) is 3.61. The van der Waals surface area contributed by atoms with Crippen LogP contribution >= 0.6 is 12.4 Å². The molecule has 0 spiro atoms. The van der Waals surface area contributed by atoms with Gasteiger partial charge in [-0.15, -0.1) is 12.4 Å². The first-order valence-corrected chi connectivity index (χ1v) is 12.0. The van der Waals surface area contributed by atoms with Crippen molar-refractivity contribution in [3.05, 3.63) is 60.5 Å². The number of nitrogens with two attached hydrogens (primary N) is 1. The Morgan fingerprint density at radius 3 is 2.61 bits per heavy atom. The van der Waals surface area contributed by atoms with E-state index in [1.807, 2.05) is 6.07 Å². The number of halogens is 4. The molecule has 1 saturated heterocycles. The minimum atomic E-state index is -4.42. The SMILES string of the molecule is Cl.NC(=O)c1nn(-c2ccc(N3CCNCC3)nc2)cc1NC(=O)c1coc(-c2ccnc(NCC(F)(F)F)c2)n1. The molecular weight excluding hydrogens is 569 g/mol. The Bertz CT molecular complexity index is 1520. The topological polar surface area (TPSA) is 169 Å². The van der Waals surface area contributed by atoms with Crippen molar-refractivity contribution in [3.63, 3.8) is 0 Å². The van der Waals surface area contributed by atoms with Crippen LogP contribution in [-0.2, 0) is 0 Å². The minimum absolute atomic E-state index is 0. The smallest absolute Gasteiger partial charge is 0.405 e. The molecule has 4 aromatic rings. The fourth-order valence-corrected chi connectivity index (χ4v) is 3.92. The molecule has 4 aromatic heterocycles. The molecule has 1 fully saturated rings. The molecule has 0 aliphatic carbocycles. The molecule has 2 amide bonds. The van der Waals surface area contributed by atoms with Crippen molar-refractivity contribution >= 4 is 41.5 Å². The zero-order valence-electron chi connectivity index (χ0n) is 21.2. The summed E-state index contributed by atoms with van der Waals surface area (Å²) in [5.41, 5.74) is 6.01. The van der Waals surface area contributed by atoms with E-state index in [1.54, 1.807) is 12.3 Å². The number of hydrogen-bond acceptors (Lipinski definition) is 10. The zero-order chi connectivity index (χ0) is 28.3. The Balaban J connectivity index is 0.00000387. The number of nitrogens with zero attached hydrogens (tertiary/aromatic N) is 6. The van der Waals surface area contributed by atoms with Crippen LogP contribution in [-0.4, -0.2) is 75.4 Å². The van der Waals surface area contributed by atoms with Crippen LogP contribution in [0.25, 0.3) is 17.1 Å². The van der Waals surface area contributed by atoms with Gasteiger partial charge in [0.25, 0.3) is 11.8 Å². The second-order valence-corrected chi connectivity index (χ2v) is 8.70. The molecule has 1 aliphatic heterocycles. The summed E-state index contributed by atoms with van der Waals surface area (Å²) in [6.07, 6.45) is 0.936. The maximum atomic E-state index is 12.9. The van der Waals surface area contributed by atoms with Crippen molar-refractivity contribution in [2.45, 2.75) is 6.18 Å². The summed E-state index contributed by atoms with van der Waals surface area (Å²) in [4.78, 5) is 39.5. The Labute approximate surface area is 236 Å². The lowest BCUT2D eigenvalue weighted by Gasteiger charge is -2.28. The van der Waals surface area contributed by atoms with Gasteiger partial charge in [-0.2, -0.15) is 18.3 Å². The number of carbonyl (C=O) groups excluding carboxylic acids is 2. The van der Waals surface area contributed by atoms with E-state index in [2.05, 4.69) is 40.9 Å². The first-order chi connectivity index (χ1) is 19.2. The number of nitrogens with one attached hydrogen (secondary N) is 3. The third-order valence-electron chi connectivity index (χ3n) is 5.85. The Hall–Kier alpha value is -4.70. The molecule has 13 nitrogen and oxygen atoms in total. The van der Waals surface area contributed by atoms with Crippen LogP contribution in [0.15, 0.2) is 53.5 Å². The molecule has 0 aromatic carbocycles. The van der Waals surface area contributed by atoms with E-state index < -0.39 is 24.5 Å². The number of anilines is 3. The van der Waals surface area contributed by atoms with E-state index in [9.17, 15) is 22.8 Å². The quantitative estimate of drug-likeness (QED) is 0.238. The van der Waals surface area contributed by atoms with Crippen LogP contribution in [0.5, 0.6) is 0 Å². The number of pyridine rings is 2. The van der Waals surface area contributed by atoms with Gasteiger partial charge >= 0.3 is 6.18 Å². The highest BCUT2D eigenvalue weighted by atomic mass is 35.5. The van der Waals surface area contributed by atoms with E-state index >= 15 is 0 Å². The predicted octanol–water partition coefficient (Wildman–Crippen LogP) is 2.47. The van der Waals surface area contributed by atoms with Crippen LogP contribution in [0.1, 0.15) is 21.0 Å². The number of carbonyl (C=O) groups is 2. The Kier molecular flexibility index (Phi) is 8.73.